The number of aryl methyl sites for hydroxylation is 2. The highest BCUT2D eigenvalue weighted by molar-refractivity contribution is 5.36. The van der Waals surface area contributed by atoms with Gasteiger partial charge in [-0.2, -0.15) is 0 Å². The van der Waals surface area contributed by atoms with Crippen LogP contribution in [0, 0.1) is 0 Å². The van der Waals surface area contributed by atoms with Crippen LogP contribution in [0.2, 0.25) is 0 Å². The third kappa shape index (κ3) is 3.67. The van der Waals surface area contributed by atoms with E-state index in [2.05, 4.69) is 45.3 Å². The van der Waals surface area contributed by atoms with Gasteiger partial charge in [-0.25, -0.2) is 0 Å². The van der Waals surface area contributed by atoms with Crippen LogP contribution in [-0.4, -0.2) is 80.7 Å². The maximum absolute atomic E-state index is 3.49. The standard InChI is InChI=1S/C20H32N4/c1-22-11-13-24(14-12-22)20(16-23-9-7-21-8-10-23)19-6-5-17-3-2-4-18(17)15-19/h5-6,15,20-21H,2-4,7-14,16H2,1H3. The van der Waals surface area contributed by atoms with Crippen molar-refractivity contribution in [2.45, 2.75) is 25.3 Å². The van der Waals surface area contributed by atoms with Crippen molar-refractivity contribution in [1.29, 1.82) is 0 Å². The van der Waals surface area contributed by atoms with Crippen molar-refractivity contribution in [2.75, 3.05) is 66.0 Å². The molecule has 0 aromatic heterocycles. The molecule has 0 saturated carbocycles. The number of hydrogen-bond donors (Lipinski definition) is 1. The fourth-order valence-corrected chi connectivity index (χ4v) is 4.50. The molecular formula is C20H32N4. The first-order valence-corrected chi connectivity index (χ1v) is 9.77. The normalized spacial score (nSPS) is 24.9. The molecule has 1 atom stereocenters. The molecule has 0 radical (unpaired) electrons. The summed E-state index contributed by atoms with van der Waals surface area (Å²) in [7, 11) is 2.25. The summed E-state index contributed by atoms with van der Waals surface area (Å²) in [5.41, 5.74) is 4.77. The first-order valence-electron chi connectivity index (χ1n) is 9.77. The molecule has 132 valence electrons. The van der Waals surface area contributed by atoms with Crippen LogP contribution in [0.3, 0.4) is 0 Å². The van der Waals surface area contributed by atoms with Gasteiger partial charge in [-0.1, -0.05) is 18.2 Å². The fraction of sp³-hybridized carbons (Fsp3) is 0.700. The number of nitrogens with zero attached hydrogens (tertiary/aromatic N) is 3. The molecule has 1 unspecified atom stereocenters. The van der Waals surface area contributed by atoms with Crippen molar-refractivity contribution in [3.63, 3.8) is 0 Å². The monoisotopic (exact) mass is 328 g/mol. The zero-order chi connectivity index (χ0) is 16.4. The molecule has 4 rings (SSSR count). The van der Waals surface area contributed by atoms with Crippen LogP contribution in [0.4, 0.5) is 0 Å². The predicted molar refractivity (Wildman–Crippen MR) is 99.6 cm³/mol. The molecule has 1 aromatic carbocycles. The van der Waals surface area contributed by atoms with Crippen molar-refractivity contribution >= 4 is 0 Å². The van der Waals surface area contributed by atoms with Gasteiger partial charge in [-0.3, -0.25) is 9.80 Å². The number of rotatable bonds is 4. The predicted octanol–water partition coefficient (Wildman–Crippen LogP) is 1.37. The van der Waals surface area contributed by atoms with E-state index >= 15 is 0 Å². The van der Waals surface area contributed by atoms with Crippen LogP contribution in [0.5, 0.6) is 0 Å². The summed E-state index contributed by atoms with van der Waals surface area (Å²) >= 11 is 0. The molecule has 0 bridgehead atoms. The second-order valence-corrected chi connectivity index (χ2v) is 7.79. The lowest BCUT2D eigenvalue weighted by atomic mass is 9.98. The molecule has 4 heteroatoms. The summed E-state index contributed by atoms with van der Waals surface area (Å²) in [6, 6.07) is 7.93. The Kier molecular flexibility index (Phi) is 5.18. The molecule has 3 aliphatic rings. The lowest BCUT2D eigenvalue weighted by molar-refractivity contribution is 0.0816. The van der Waals surface area contributed by atoms with Gasteiger partial charge in [0, 0.05) is 64.9 Å². The molecule has 1 N–H and O–H groups in total. The number of piperazine rings is 2. The maximum atomic E-state index is 3.49. The van der Waals surface area contributed by atoms with Gasteiger partial charge >= 0.3 is 0 Å². The number of fused-ring (bicyclic) bond motifs is 1. The average Bonchev–Trinajstić information content (AvgIpc) is 3.09. The topological polar surface area (TPSA) is 21.8 Å². The van der Waals surface area contributed by atoms with E-state index in [0.29, 0.717) is 6.04 Å². The van der Waals surface area contributed by atoms with E-state index in [4.69, 9.17) is 0 Å². The van der Waals surface area contributed by atoms with Crippen LogP contribution < -0.4 is 5.32 Å². The molecule has 24 heavy (non-hydrogen) atoms. The molecule has 2 fully saturated rings. The fourth-order valence-electron chi connectivity index (χ4n) is 4.50. The van der Waals surface area contributed by atoms with Crippen molar-refractivity contribution in [2.24, 2.45) is 0 Å². The summed E-state index contributed by atoms with van der Waals surface area (Å²) in [6.45, 7) is 10.6. The van der Waals surface area contributed by atoms with Crippen LogP contribution in [0.25, 0.3) is 0 Å². The van der Waals surface area contributed by atoms with E-state index in [1.54, 1.807) is 16.7 Å². The van der Waals surface area contributed by atoms with E-state index in [0.717, 1.165) is 13.1 Å². The van der Waals surface area contributed by atoms with Gasteiger partial charge in [0.05, 0.1) is 0 Å². The Morgan fingerprint density at radius 2 is 1.71 bits per heavy atom. The van der Waals surface area contributed by atoms with Crippen molar-refractivity contribution in [3.05, 3.63) is 34.9 Å². The Hall–Kier alpha value is -0.940. The zero-order valence-corrected chi connectivity index (χ0v) is 15.1. The van der Waals surface area contributed by atoms with Gasteiger partial charge in [0.15, 0.2) is 0 Å². The van der Waals surface area contributed by atoms with Crippen LogP contribution in [0.1, 0.15) is 29.2 Å². The highest BCUT2D eigenvalue weighted by Gasteiger charge is 2.27. The quantitative estimate of drug-likeness (QED) is 0.901. The average molecular weight is 329 g/mol. The number of likely N-dealkylation sites (N-methyl/N-ethyl adjacent to an activating group) is 1. The highest BCUT2D eigenvalue weighted by Crippen LogP contribution is 2.29. The Balaban J connectivity index is 1.54. The van der Waals surface area contributed by atoms with Gasteiger partial charge < -0.3 is 10.2 Å². The maximum Gasteiger partial charge on any atom is 0.0476 e. The van der Waals surface area contributed by atoms with Gasteiger partial charge in [-0.15, -0.1) is 0 Å². The number of nitrogens with one attached hydrogen (secondary N) is 1. The van der Waals surface area contributed by atoms with Crippen LogP contribution >= 0.6 is 0 Å². The molecule has 0 spiro atoms. The van der Waals surface area contributed by atoms with Gasteiger partial charge in [0.25, 0.3) is 0 Å². The first kappa shape index (κ1) is 16.5. The van der Waals surface area contributed by atoms with E-state index in [9.17, 15) is 0 Å². The molecular weight excluding hydrogens is 296 g/mol. The highest BCUT2D eigenvalue weighted by atomic mass is 15.3. The second-order valence-electron chi connectivity index (χ2n) is 7.79. The molecule has 2 saturated heterocycles. The minimum absolute atomic E-state index is 0.558. The third-order valence-electron chi connectivity index (χ3n) is 6.13. The summed E-state index contributed by atoms with van der Waals surface area (Å²) in [4.78, 5) is 7.85. The first-order chi connectivity index (χ1) is 11.8. The zero-order valence-electron chi connectivity index (χ0n) is 15.1. The molecule has 4 nitrogen and oxygen atoms in total. The van der Waals surface area contributed by atoms with E-state index in [-0.39, 0.29) is 0 Å². The van der Waals surface area contributed by atoms with Gasteiger partial charge in [0.2, 0.25) is 0 Å². The van der Waals surface area contributed by atoms with Crippen LogP contribution in [0.15, 0.2) is 18.2 Å². The SMILES string of the molecule is CN1CCN(C(CN2CCNCC2)c2ccc3c(c2)CCC3)CC1. The Bertz CT molecular complexity index is 545. The second kappa shape index (κ2) is 7.52. The van der Waals surface area contributed by atoms with E-state index in [1.165, 1.54) is 65.1 Å². The van der Waals surface area contributed by atoms with E-state index in [1.807, 2.05) is 0 Å². The van der Waals surface area contributed by atoms with Crippen molar-refractivity contribution in [3.8, 4) is 0 Å². The van der Waals surface area contributed by atoms with Crippen LogP contribution in [-0.2, 0) is 12.8 Å². The molecule has 0 amide bonds. The number of benzene rings is 1. The summed E-state index contributed by atoms with van der Waals surface area (Å²) in [6.07, 6.45) is 3.91. The summed E-state index contributed by atoms with van der Waals surface area (Å²) in [5.74, 6) is 0. The molecule has 1 aliphatic carbocycles. The smallest absolute Gasteiger partial charge is 0.0476 e. The minimum atomic E-state index is 0.558. The molecule has 1 aromatic rings. The largest absolute Gasteiger partial charge is 0.314 e. The van der Waals surface area contributed by atoms with E-state index < -0.39 is 0 Å². The van der Waals surface area contributed by atoms with Gasteiger partial charge in [0.1, 0.15) is 0 Å². The molecule has 2 aliphatic heterocycles. The van der Waals surface area contributed by atoms with Gasteiger partial charge in [-0.05, 0) is 43.0 Å². The third-order valence-corrected chi connectivity index (χ3v) is 6.13. The molecule has 2 heterocycles. The summed E-state index contributed by atoms with van der Waals surface area (Å²) in [5, 5.41) is 3.49. The lowest BCUT2D eigenvalue weighted by Crippen LogP contribution is -2.51. The Morgan fingerprint density at radius 1 is 0.958 bits per heavy atom. The Morgan fingerprint density at radius 3 is 2.50 bits per heavy atom. The minimum Gasteiger partial charge on any atom is -0.314 e. The van der Waals surface area contributed by atoms with Crippen molar-refractivity contribution < 1.29 is 0 Å². The number of hydrogen-bond acceptors (Lipinski definition) is 4. The Labute approximate surface area is 146 Å². The van der Waals surface area contributed by atoms with Crippen molar-refractivity contribution in [1.82, 2.24) is 20.0 Å². The summed E-state index contributed by atoms with van der Waals surface area (Å²) < 4.78 is 0. The lowest BCUT2D eigenvalue weighted by Gasteiger charge is -2.41.